The molecule has 0 aliphatic rings. The predicted molar refractivity (Wildman–Crippen MR) is 77.6 cm³/mol. The number of aromatic amines is 1. The molecule has 0 saturated carbocycles. The zero-order chi connectivity index (χ0) is 15.1. The van der Waals surface area contributed by atoms with Crippen molar-refractivity contribution in [3.8, 4) is 11.8 Å². The lowest BCUT2D eigenvalue weighted by Gasteiger charge is -2.04. The third kappa shape index (κ3) is 4.43. The number of benzene rings is 1. The zero-order valence-electron chi connectivity index (χ0n) is 11.2. The molecule has 0 fully saturated rings. The van der Waals surface area contributed by atoms with Crippen LogP contribution < -0.4 is 4.72 Å². The van der Waals surface area contributed by atoms with Crippen LogP contribution in [0, 0.1) is 11.8 Å². The van der Waals surface area contributed by atoms with Crippen LogP contribution in [0.5, 0.6) is 0 Å². The molecule has 0 amide bonds. The van der Waals surface area contributed by atoms with Crippen LogP contribution in [0.3, 0.4) is 0 Å². The van der Waals surface area contributed by atoms with Gasteiger partial charge in [-0.05, 0) is 17.7 Å². The summed E-state index contributed by atoms with van der Waals surface area (Å²) in [6.45, 7) is 0.228. The number of imidazole rings is 1. The number of H-pyrrole nitrogens is 1. The molecule has 1 heterocycles. The van der Waals surface area contributed by atoms with Crippen LogP contribution in [0.1, 0.15) is 17.5 Å². The van der Waals surface area contributed by atoms with Crippen LogP contribution in [0.15, 0.2) is 41.8 Å². The molecule has 1 aromatic heterocycles. The second-order valence-electron chi connectivity index (χ2n) is 4.21. The number of rotatable bonds is 5. The summed E-state index contributed by atoms with van der Waals surface area (Å²) in [4.78, 5) is 6.23. The predicted octanol–water partition coefficient (Wildman–Crippen LogP) is 0.622. The highest BCUT2D eigenvalue weighted by atomic mass is 32.2. The lowest BCUT2D eigenvalue weighted by molar-refractivity contribution is 0.305. The van der Waals surface area contributed by atoms with Gasteiger partial charge >= 0.3 is 0 Å². The lowest BCUT2D eigenvalue weighted by Crippen LogP contribution is -2.23. The maximum absolute atomic E-state index is 11.9. The van der Waals surface area contributed by atoms with Crippen LogP contribution >= 0.6 is 0 Å². The topological polar surface area (TPSA) is 95.1 Å². The van der Waals surface area contributed by atoms with Gasteiger partial charge in [0.2, 0.25) is 0 Å². The lowest BCUT2D eigenvalue weighted by atomic mass is 10.1. The Labute approximate surface area is 123 Å². The van der Waals surface area contributed by atoms with Gasteiger partial charge in [0.05, 0.1) is 19.1 Å². The first-order valence-corrected chi connectivity index (χ1v) is 7.77. The third-order valence-electron chi connectivity index (χ3n) is 2.65. The van der Waals surface area contributed by atoms with Crippen LogP contribution in [0.25, 0.3) is 0 Å². The van der Waals surface area contributed by atoms with Gasteiger partial charge in [0.15, 0.2) is 5.03 Å². The normalized spacial score (nSPS) is 10.9. The summed E-state index contributed by atoms with van der Waals surface area (Å²) in [5, 5.41) is 8.67. The Kier molecular flexibility index (Phi) is 5.11. The number of aliphatic hydroxyl groups is 1. The molecule has 110 valence electrons. The van der Waals surface area contributed by atoms with E-state index in [1.165, 1.54) is 12.5 Å². The van der Waals surface area contributed by atoms with E-state index in [0.29, 0.717) is 6.42 Å². The highest BCUT2D eigenvalue weighted by Crippen LogP contribution is 2.06. The Bertz CT molecular complexity index is 726. The van der Waals surface area contributed by atoms with Gasteiger partial charge in [-0.25, -0.2) is 18.1 Å². The molecule has 21 heavy (non-hydrogen) atoms. The summed E-state index contributed by atoms with van der Waals surface area (Å²) >= 11 is 0. The molecule has 3 N–H and O–H groups in total. The molecule has 2 rings (SSSR count). The maximum atomic E-state index is 11.9. The van der Waals surface area contributed by atoms with Gasteiger partial charge in [-0.3, -0.25) is 0 Å². The molecule has 7 heteroatoms. The standard InChI is InChI=1S/C14H15N3O3S/c18-8-2-1-3-12-4-6-13(7-5-12)9-17-21(19,20)14-10-15-11-16-14/h4-7,10-11,17-18H,2,8-9H2,(H,15,16). The second kappa shape index (κ2) is 7.04. The van der Waals surface area contributed by atoms with E-state index in [4.69, 9.17) is 5.11 Å². The van der Waals surface area contributed by atoms with Crippen molar-refractivity contribution in [2.45, 2.75) is 18.0 Å². The van der Waals surface area contributed by atoms with Crippen molar-refractivity contribution in [3.05, 3.63) is 47.9 Å². The van der Waals surface area contributed by atoms with E-state index < -0.39 is 10.0 Å². The van der Waals surface area contributed by atoms with Gasteiger partial charge < -0.3 is 10.1 Å². The van der Waals surface area contributed by atoms with Crippen molar-refractivity contribution in [2.75, 3.05) is 6.61 Å². The van der Waals surface area contributed by atoms with Crippen molar-refractivity contribution < 1.29 is 13.5 Å². The molecule has 0 aliphatic heterocycles. The van der Waals surface area contributed by atoms with E-state index in [2.05, 4.69) is 26.5 Å². The Morgan fingerprint density at radius 3 is 2.67 bits per heavy atom. The van der Waals surface area contributed by atoms with Crippen LogP contribution in [-0.2, 0) is 16.6 Å². The number of nitrogens with zero attached hydrogens (tertiary/aromatic N) is 1. The molecule has 0 spiro atoms. The maximum Gasteiger partial charge on any atom is 0.257 e. The molecule has 0 aliphatic carbocycles. The summed E-state index contributed by atoms with van der Waals surface area (Å²) in [5.41, 5.74) is 1.65. The number of hydrogen-bond donors (Lipinski definition) is 3. The highest BCUT2D eigenvalue weighted by Gasteiger charge is 2.14. The summed E-state index contributed by atoms with van der Waals surface area (Å²) in [6.07, 6.45) is 3.00. The van der Waals surface area contributed by atoms with E-state index in [0.717, 1.165) is 11.1 Å². The molecule has 0 saturated heterocycles. The summed E-state index contributed by atoms with van der Waals surface area (Å²) in [6, 6.07) is 7.23. The molecule has 0 radical (unpaired) electrons. The van der Waals surface area contributed by atoms with E-state index >= 15 is 0 Å². The monoisotopic (exact) mass is 305 g/mol. The SMILES string of the molecule is O=S(=O)(NCc1ccc(C#CCCO)cc1)c1cnc[nH]1. The van der Waals surface area contributed by atoms with Gasteiger partial charge in [0.1, 0.15) is 0 Å². The fourth-order valence-electron chi connectivity index (χ4n) is 1.57. The molecule has 0 atom stereocenters. The Morgan fingerprint density at radius 1 is 1.29 bits per heavy atom. The number of hydrogen-bond acceptors (Lipinski definition) is 4. The van der Waals surface area contributed by atoms with Gasteiger partial charge in [-0.2, -0.15) is 0 Å². The summed E-state index contributed by atoms with van der Waals surface area (Å²) in [7, 11) is -3.57. The highest BCUT2D eigenvalue weighted by molar-refractivity contribution is 7.89. The minimum atomic E-state index is -3.57. The van der Waals surface area contributed by atoms with Crippen molar-refractivity contribution in [1.29, 1.82) is 0 Å². The molecule has 0 unspecified atom stereocenters. The first-order chi connectivity index (χ1) is 10.1. The fraction of sp³-hybridized carbons (Fsp3) is 0.214. The molecule has 2 aromatic rings. The van der Waals surface area contributed by atoms with Crippen molar-refractivity contribution in [3.63, 3.8) is 0 Å². The molecular weight excluding hydrogens is 290 g/mol. The number of nitrogens with one attached hydrogen (secondary N) is 2. The van der Waals surface area contributed by atoms with E-state index in [-0.39, 0.29) is 18.2 Å². The Morgan fingerprint density at radius 2 is 2.05 bits per heavy atom. The van der Waals surface area contributed by atoms with Gasteiger partial charge in [-0.1, -0.05) is 24.0 Å². The van der Waals surface area contributed by atoms with Gasteiger partial charge in [-0.15, -0.1) is 0 Å². The van der Waals surface area contributed by atoms with Crippen LogP contribution in [0.2, 0.25) is 0 Å². The van der Waals surface area contributed by atoms with Gasteiger partial charge in [0, 0.05) is 18.5 Å². The van der Waals surface area contributed by atoms with Crippen molar-refractivity contribution in [2.24, 2.45) is 0 Å². The minimum Gasteiger partial charge on any atom is -0.395 e. The van der Waals surface area contributed by atoms with E-state index in [9.17, 15) is 8.42 Å². The average Bonchev–Trinajstić information content (AvgIpc) is 3.02. The van der Waals surface area contributed by atoms with Crippen LogP contribution in [0.4, 0.5) is 0 Å². The first-order valence-electron chi connectivity index (χ1n) is 6.28. The minimum absolute atomic E-state index is 0.0361. The fourth-order valence-corrected chi connectivity index (χ4v) is 2.49. The largest absolute Gasteiger partial charge is 0.395 e. The molecule has 0 bridgehead atoms. The quantitative estimate of drug-likeness (QED) is 0.706. The van der Waals surface area contributed by atoms with E-state index in [1.807, 2.05) is 12.1 Å². The van der Waals surface area contributed by atoms with Crippen molar-refractivity contribution in [1.82, 2.24) is 14.7 Å². The number of aromatic nitrogens is 2. The van der Waals surface area contributed by atoms with Crippen molar-refractivity contribution >= 4 is 10.0 Å². The zero-order valence-corrected chi connectivity index (χ0v) is 12.0. The first kappa shape index (κ1) is 15.3. The Hall–Kier alpha value is -2.14. The third-order valence-corrected chi connectivity index (χ3v) is 3.98. The Balaban J connectivity index is 1.97. The van der Waals surface area contributed by atoms with Crippen LogP contribution in [-0.4, -0.2) is 30.1 Å². The molecular formula is C14H15N3O3S. The second-order valence-corrected chi connectivity index (χ2v) is 5.95. The summed E-state index contributed by atoms with van der Waals surface area (Å²) in [5.74, 6) is 5.73. The summed E-state index contributed by atoms with van der Waals surface area (Å²) < 4.78 is 26.2. The van der Waals surface area contributed by atoms with Gasteiger partial charge in [0.25, 0.3) is 10.0 Å². The van der Waals surface area contributed by atoms with E-state index in [1.54, 1.807) is 12.1 Å². The molecule has 6 nitrogen and oxygen atoms in total. The average molecular weight is 305 g/mol. The number of sulfonamides is 1. The number of aliphatic hydroxyl groups excluding tert-OH is 1. The smallest absolute Gasteiger partial charge is 0.257 e. The molecule has 1 aromatic carbocycles.